The van der Waals surface area contributed by atoms with Crippen LogP contribution < -0.4 is 0 Å². The first-order valence-corrected chi connectivity index (χ1v) is 20.4. The standard InChI is InChI=1S/C54H31IO2/c55-45-31-37-30-44(53-51(42-23-11-13-25-46(42)56-53)49(37)52-43-24-12-14-26-47(43)57-54(45)52)50-40-21-9-7-19-38(40)48(39-20-8-10-22-41(39)50)36-28-34(32-15-3-1-4-16-32)27-35(29-36)33-17-5-2-6-18-33/h1-31H. The summed E-state index contributed by atoms with van der Waals surface area (Å²) in [4.78, 5) is 0. The Hall–Kier alpha value is -6.69. The van der Waals surface area contributed by atoms with Crippen LogP contribution in [0.25, 0.3) is 121 Å². The van der Waals surface area contributed by atoms with Crippen molar-refractivity contribution in [2.45, 2.75) is 0 Å². The van der Waals surface area contributed by atoms with Crippen LogP contribution in [0.3, 0.4) is 0 Å². The van der Waals surface area contributed by atoms with Crippen LogP contribution in [0, 0.1) is 3.57 Å². The molecule has 0 N–H and O–H groups in total. The molecule has 0 saturated heterocycles. The zero-order valence-corrected chi connectivity index (χ0v) is 32.7. The summed E-state index contributed by atoms with van der Waals surface area (Å²) < 4.78 is 14.7. The monoisotopic (exact) mass is 838 g/mol. The maximum absolute atomic E-state index is 7.02. The maximum atomic E-state index is 7.02. The van der Waals surface area contributed by atoms with Crippen LogP contribution in [0.4, 0.5) is 0 Å². The molecule has 12 aromatic rings. The maximum Gasteiger partial charge on any atom is 0.149 e. The van der Waals surface area contributed by atoms with Gasteiger partial charge in [-0.2, -0.15) is 0 Å². The number of hydrogen-bond donors (Lipinski definition) is 0. The van der Waals surface area contributed by atoms with E-state index in [2.05, 4.69) is 205 Å². The highest BCUT2D eigenvalue weighted by molar-refractivity contribution is 14.1. The van der Waals surface area contributed by atoms with Crippen molar-refractivity contribution in [2.75, 3.05) is 0 Å². The van der Waals surface area contributed by atoms with Crippen molar-refractivity contribution in [3.05, 3.63) is 192 Å². The van der Waals surface area contributed by atoms with Crippen LogP contribution in [-0.2, 0) is 0 Å². The second-order valence-corrected chi connectivity index (χ2v) is 16.0. The first kappa shape index (κ1) is 32.5. The Kier molecular flexibility index (Phi) is 7.23. The summed E-state index contributed by atoms with van der Waals surface area (Å²) in [6.45, 7) is 0. The van der Waals surface area contributed by atoms with Gasteiger partial charge in [0.2, 0.25) is 0 Å². The number of furan rings is 2. The molecule has 2 nitrogen and oxygen atoms in total. The molecule has 0 unspecified atom stereocenters. The lowest BCUT2D eigenvalue weighted by molar-refractivity contribution is 0.667. The highest BCUT2D eigenvalue weighted by atomic mass is 127. The molecule has 57 heavy (non-hydrogen) atoms. The smallest absolute Gasteiger partial charge is 0.149 e. The number of para-hydroxylation sites is 2. The van der Waals surface area contributed by atoms with Crippen molar-refractivity contribution in [1.82, 2.24) is 0 Å². The van der Waals surface area contributed by atoms with E-state index in [4.69, 9.17) is 8.83 Å². The summed E-state index contributed by atoms with van der Waals surface area (Å²) in [7, 11) is 0. The molecule has 3 heteroatoms. The SMILES string of the molecule is Ic1cc2cc(-c3c4ccccc4c(-c4cc(-c5ccccc5)cc(-c5ccccc5)c4)c4ccccc34)c3oc4ccccc4c3c2c2c1oc1ccccc12. The Morgan fingerprint density at radius 1 is 0.316 bits per heavy atom. The molecule has 10 aromatic carbocycles. The van der Waals surface area contributed by atoms with Gasteiger partial charge < -0.3 is 8.83 Å². The molecule has 2 heterocycles. The Bertz CT molecular complexity index is 3460. The number of rotatable bonds is 4. The van der Waals surface area contributed by atoms with E-state index in [1.807, 2.05) is 6.07 Å². The van der Waals surface area contributed by atoms with Crippen LogP contribution in [0.15, 0.2) is 197 Å². The van der Waals surface area contributed by atoms with Crippen molar-refractivity contribution in [3.63, 3.8) is 0 Å². The Labute approximate surface area is 341 Å². The van der Waals surface area contributed by atoms with Crippen LogP contribution in [0.1, 0.15) is 0 Å². The van der Waals surface area contributed by atoms with E-state index in [9.17, 15) is 0 Å². The zero-order valence-electron chi connectivity index (χ0n) is 30.6. The zero-order chi connectivity index (χ0) is 37.6. The number of halogens is 1. The fraction of sp³-hybridized carbons (Fsp3) is 0. The summed E-state index contributed by atoms with van der Waals surface area (Å²) in [5.41, 5.74) is 13.0. The van der Waals surface area contributed by atoms with Crippen molar-refractivity contribution in [1.29, 1.82) is 0 Å². The molecule has 0 amide bonds. The van der Waals surface area contributed by atoms with E-state index in [0.29, 0.717) is 0 Å². The number of hydrogen-bond acceptors (Lipinski definition) is 2. The predicted molar refractivity (Wildman–Crippen MR) is 248 cm³/mol. The molecule has 0 aliphatic heterocycles. The third-order valence-corrected chi connectivity index (χ3v) is 12.5. The van der Waals surface area contributed by atoms with E-state index in [-0.39, 0.29) is 0 Å². The molecule has 0 spiro atoms. The molecule has 0 saturated carbocycles. The van der Waals surface area contributed by atoms with Gasteiger partial charge in [0, 0.05) is 38.1 Å². The summed E-state index contributed by atoms with van der Waals surface area (Å²) in [6, 6.07) is 67.8. The van der Waals surface area contributed by atoms with Crippen molar-refractivity contribution < 1.29 is 8.83 Å². The third kappa shape index (κ3) is 4.95. The summed E-state index contributed by atoms with van der Waals surface area (Å²) in [5, 5.41) is 11.6. The van der Waals surface area contributed by atoms with Crippen molar-refractivity contribution >= 4 is 98.8 Å². The van der Waals surface area contributed by atoms with Gasteiger partial charge >= 0.3 is 0 Å². The molecule has 12 rings (SSSR count). The molecule has 0 aliphatic carbocycles. The van der Waals surface area contributed by atoms with Gasteiger partial charge in [0.1, 0.15) is 22.3 Å². The topological polar surface area (TPSA) is 26.3 Å². The molecule has 0 atom stereocenters. The molecule has 0 bridgehead atoms. The minimum Gasteiger partial charge on any atom is -0.455 e. The van der Waals surface area contributed by atoms with E-state index in [1.165, 1.54) is 60.5 Å². The minimum atomic E-state index is 0.872. The van der Waals surface area contributed by atoms with Crippen molar-refractivity contribution in [2.24, 2.45) is 0 Å². The molecule has 266 valence electrons. The average molecular weight is 839 g/mol. The summed E-state index contributed by atoms with van der Waals surface area (Å²) in [6.07, 6.45) is 0. The molecular formula is C54H31IO2. The van der Waals surface area contributed by atoms with Gasteiger partial charge in [0.15, 0.2) is 0 Å². The lowest BCUT2D eigenvalue weighted by Gasteiger charge is -2.20. The molecule has 0 aliphatic rings. The van der Waals surface area contributed by atoms with Gasteiger partial charge in [-0.3, -0.25) is 0 Å². The number of fused-ring (bicyclic) bond motifs is 11. The third-order valence-electron chi connectivity index (χ3n) is 11.7. The van der Waals surface area contributed by atoms with E-state index in [1.54, 1.807) is 0 Å². The normalized spacial score (nSPS) is 11.9. The van der Waals surface area contributed by atoms with Crippen LogP contribution in [-0.4, -0.2) is 0 Å². The quantitative estimate of drug-likeness (QED) is 0.130. The fourth-order valence-electron chi connectivity index (χ4n) is 9.25. The average Bonchev–Trinajstić information content (AvgIpc) is 3.86. The van der Waals surface area contributed by atoms with Gasteiger partial charge in [-0.25, -0.2) is 0 Å². The van der Waals surface area contributed by atoms with Gasteiger partial charge in [-0.05, 0) is 125 Å². The summed E-state index contributed by atoms with van der Waals surface area (Å²) >= 11 is 2.44. The fourth-order valence-corrected chi connectivity index (χ4v) is 9.97. The first-order valence-electron chi connectivity index (χ1n) is 19.3. The highest BCUT2D eigenvalue weighted by Crippen LogP contribution is 2.51. The van der Waals surface area contributed by atoms with Gasteiger partial charge in [-0.15, -0.1) is 0 Å². The molecule has 0 radical (unpaired) electrons. The molecule has 2 aromatic heterocycles. The lowest BCUT2D eigenvalue weighted by atomic mass is 9.83. The number of benzene rings is 10. The first-order chi connectivity index (χ1) is 28.2. The lowest BCUT2D eigenvalue weighted by Crippen LogP contribution is -1.93. The Morgan fingerprint density at radius 2 is 0.737 bits per heavy atom. The van der Waals surface area contributed by atoms with Gasteiger partial charge in [0.05, 0.1) is 3.57 Å². The van der Waals surface area contributed by atoms with E-state index < -0.39 is 0 Å². The van der Waals surface area contributed by atoms with E-state index in [0.717, 1.165) is 63.8 Å². The van der Waals surface area contributed by atoms with Crippen LogP contribution in [0.5, 0.6) is 0 Å². The van der Waals surface area contributed by atoms with Crippen LogP contribution >= 0.6 is 22.6 Å². The minimum absolute atomic E-state index is 0.872. The Morgan fingerprint density at radius 3 is 1.28 bits per heavy atom. The predicted octanol–water partition coefficient (Wildman–Crippen LogP) is 16.2. The highest BCUT2D eigenvalue weighted by Gasteiger charge is 2.25. The second kappa shape index (κ2) is 12.7. The summed E-state index contributed by atoms with van der Waals surface area (Å²) in [5.74, 6) is 0. The second-order valence-electron chi connectivity index (χ2n) is 14.9. The Balaban J connectivity index is 1.23. The van der Waals surface area contributed by atoms with Gasteiger partial charge in [-0.1, -0.05) is 146 Å². The van der Waals surface area contributed by atoms with Crippen molar-refractivity contribution in [3.8, 4) is 44.5 Å². The largest absolute Gasteiger partial charge is 0.455 e. The molecular weight excluding hydrogens is 807 g/mol. The van der Waals surface area contributed by atoms with E-state index >= 15 is 0 Å². The van der Waals surface area contributed by atoms with Crippen LogP contribution in [0.2, 0.25) is 0 Å². The molecule has 0 fully saturated rings. The van der Waals surface area contributed by atoms with Gasteiger partial charge in [0.25, 0.3) is 0 Å².